The van der Waals surface area contributed by atoms with Crippen LogP contribution in [-0.4, -0.2) is 18.4 Å². The summed E-state index contributed by atoms with van der Waals surface area (Å²) < 4.78 is 13.5. The Morgan fingerprint density at radius 2 is 1.72 bits per heavy atom. The van der Waals surface area contributed by atoms with E-state index in [1.165, 1.54) is 6.07 Å². The first-order valence-electron chi connectivity index (χ1n) is 8.12. The second-order valence-electron chi connectivity index (χ2n) is 6.08. The molecule has 4 nitrogen and oxygen atoms in total. The van der Waals surface area contributed by atoms with Crippen LogP contribution >= 0.6 is 11.6 Å². The zero-order valence-electron chi connectivity index (χ0n) is 13.5. The van der Waals surface area contributed by atoms with E-state index in [9.17, 15) is 14.0 Å². The monoisotopic (exact) mass is 360 g/mol. The number of benzene rings is 2. The quantitative estimate of drug-likeness (QED) is 0.829. The van der Waals surface area contributed by atoms with Crippen molar-refractivity contribution in [2.24, 2.45) is 11.8 Å². The molecule has 0 saturated heterocycles. The van der Waals surface area contributed by atoms with Crippen LogP contribution in [0.15, 0.2) is 48.5 Å². The van der Waals surface area contributed by atoms with Crippen LogP contribution in [0.2, 0.25) is 5.02 Å². The molecule has 0 radical (unpaired) electrons. The summed E-state index contributed by atoms with van der Waals surface area (Å²) in [6.07, 6.45) is 0.956. The number of carbonyl (C=O) groups excluding carboxylic acids is 2. The molecule has 25 heavy (non-hydrogen) atoms. The van der Waals surface area contributed by atoms with E-state index in [1.807, 2.05) is 0 Å². The lowest BCUT2D eigenvalue weighted by Gasteiger charge is -2.07. The van der Waals surface area contributed by atoms with Gasteiger partial charge in [-0.15, -0.1) is 0 Å². The first-order chi connectivity index (χ1) is 12.0. The third-order valence-corrected chi connectivity index (χ3v) is 4.48. The Morgan fingerprint density at radius 3 is 2.44 bits per heavy atom. The maximum absolute atomic E-state index is 13.5. The average Bonchev–Trinajstić information content (AvgIpc) is 3.39. The fraction of sp³-hybridized carbons (Fsp3) is 0.263. The van der Waals surface area contributed by atoms with Crippen molar-refractivity contribution in [3.05, 3.63) is 64.9 Å². The Balaban J connectivity index is 1.43. The molecule has 0 heterocycles. The maximum Gasteiger partial charge on any atom is 0.228 e. The smallest absolute Gasteiger partial charge is 0.228 e. The van der Waals surface area contributed by atoms with Crippen LogP contribution in [0.4, 0.5) is 10.1 Å². The van der Waals surface area contributed by atoms with E-state index in [-0.39, 0.29) is 29.5 Å². The molecule has 0 bridgehead atoms. The Hall–Kier alpha value is -2.40. The summed E-state index contributed by atoms with van der Waals surface area (Å²) in [5, 5.41) is 6.15. The summed E-state index contributed by atoms with van der Waals surface area (Å²) in [6.45, 7) is 0.349. The molecule has 0 aromatic heterocycles. The highest BCUT2D eigenvalue weighted by molar-refractivity contribution is 6.30. The number of nitrogens with one attached hydrogen (secondary N) is 2. The van der Waals surface area contributed by atoms with Gasteiger partial charge in [0.25, 0.3) is 0 Å². The van der Waals surface area contributed by atoms with Gasteiger partial charge in [-0.3, -0.25) is 9.59 Å². The molecule has 1 fully saturated rings. The van der Waals surface area contributed by atoms with Gasteiger partial charge in [0.05, 0.1) is 11.8 Å². The summed E-state index contributed by atoms with van der Waals surface area (Å²) >= 11 is 5.80. The topological polar surface area (TPSA) is 58.2 Å². The van der Waals surface area contributed by atoms with Crippen molar-refractivity contribution < 1.29 is 14.0 Å². The van der Waals surface area contributed by atoms with Crippen molar-refractivity contribution >= 4 is 29.1 Å². The predicted molar refractivity (Wildman–Crippen MR) is 94.8 cm³/mol. The fourth-order valence-corrected chi connectivity index (χ4v) is 2.82. The molecule has 0 spiro atoms. The first kappa shape index (κ1) is 17.4. The molecule has 2 aromatic rings. The van der Waals surface area contributed by atoms with Gasteiger partial charge in [-0.25, -0.2) is 4.39 Å². The molecule has 2 aromatic carbocycles. The molecule has 130 valence electrons. The van der Waals surface area contributed by atoms with Gasteiger partial charge in [0, 0.05) is 17.3 Å². The summed E-state index contributed by atoms with van der Waals surface area (Å²) in [7, 11) is 0. The van der Waals surface area contributed by atoms with Gasteiger partial charge < -0.3 is 10.6 Å². The van der Waals surface area contributed by atoms with E-state index in [0.717, 1.165) is 0 Å². The minimum Gasteiger partial charge on any atom is -0.356 e. The van der Waals surface area contributed by atoms with Gasteiger partial charge in [-0.05, 0) is 48.7 Å². The zero-order valence-corrected chi connectivity index (χ0v) is 14.2. The highest BCUT2D eigenvalue weighted by atomic mass is 35.5. The van der Waals surface area contributed by atoms with Crippen LogP contribution < -0.4 is 10.6 Å². The Labute approximate surface area is 150 Å². The fourth-order valence-electron chi connectivity index (χ4n) is 2.70. The number of hydrogen-bond acceptors (Lipinski definition) is 2. The molecule has 3 rings (SSSR count). The van der Waals surface area contributed by atoms with Crippen molar-refractivity contribution in [3.63, 3.8) is 0 Å². The van der Waals surface area contributed by atoms with Gasteiger partial charge >= 0.3 is 0 Å². The number of carbonyl (C=O) groups is 2. The van der Waals surface area contributed by atoms with E-state index in [0.29, 0.717) is 35.7 Å². The molecule has 2 unspecified atom stereocenters. The third-order valence-electron chi connectivity index (χ3n) is 4.23. The molecule has 2 atom stereocenters. The molecule has 0 aliphatic heterocycles. The van der Waals surface area contributed by atoms with Crippen molar-refractivity contribution in [2.45, 2.75) is 12.8 Å². The minimum absolute atomic E-state index is 0.160. The Kier molecular flexibility index (Phi) is 5.34. The molecule has 1 aliphatic rings. The van der Waals surface area contributed by atoms with Crippen LogP contribution in [0.1, 0.15) is 12.0 Å². The lowest BCUT2D eigenvalue weighted by molar-refractivity contribution is -0.125. The maximum atomic E-state index is 13.5. The average molecular weight is 361 g/mol. The lowest BCUT2D eigenvalue weighted by Crippen LogP contribution is -2.29. The van der Waals surface area contributed by atoms with Crippen LogP contribution in [0.25, 0.3) is 0 Å². The third kappa shape index (κ3) is 4.57. The largest absolute Gasteiger partial charge is 0.356 e. The van der Waals surface area contributed by atoms with Crippen LogP contribution in [0.5, 0.6) is 0 Å². The molecular weight excluding hydrogens is 343 g/mol. The summed E-state index contributed by atoms with van der Waals surface area (Å²) in [4.78, 5) is 24.2. The van der Waals surface area contributed by atoms with Gasteiger partial charge in [-0.1, -0.05) is 29.8 Å². The minimum atomic E-state index is -0.316. The first-order valence-corrected chi connectivity index (χ1v) is 8.50. The Morgan fingerprint density at radius 1 is 1.04 bits per heavy atom. The van der Waals surface area contributed by atoms with E-state index >= 15 is 0 Å². The highest BCUT2D eigenvalue weighted by Crippen LogP contribution is 2.39. The molecule has 1 aliphatic carbocycles. The number of halogens is 2. The highest BCUT2D eigenvalue weighted by Gasteiger charge is 2.47. The van der Waals surface area contributed by atoms with Gasteiger partial charge in [0.2, 0.25) is 11.8 Å². The van der Waals surface area contributed by atoms with Crippen molar-refractivity contribution in [1.82, 2.24) is 5.32 Å². The number of anilines is 1. The van der Waals surface area contributed by atoms with Crippen LogP contribution in [-0.2, 0) is 16.0 Å². The van der Waals surface area contributed by atoms with Crippen molar-refractivity contribution in [2.75, 3.05) is 11.9 Å². The second-order valence-corrected chi connectivity index (χ2v) is 6.51. The molecule has 1 saturated carbocycles. The standard InChI is InChI=1S/C19H18ClFN2O2/c20-13-5-7-14(8-6-13)23-19(25)16-11-15(16)18(24)22-10-9-12-3-1-2-4-17(12)21/h1-8,15-16H,9-11H2,(H,22,24)(H,23,25). The summed E-state index contributed by atoms with van der Waals surface area (Å²) in [5.41, 5.74) is 1.22. The van der Waals surface area contributed by atoms with Gasteiger partial charge in [-0.2, -0.15) is 0 Å². The summed E-state index contributed by atoms with van der Waals surface area (Å²) in [6, 6.07) is 13.3. The van der Waals surface area contributed by atoms with Crippen molar-refractivity contribution in [1.29, 1.82) is 0 Å². The van der Waals surface area contributed by atoms with Crippen LogP contribution in [0, 0.1) is 17.7 Å². The SMILES string of the molecule is O=C(NCCc1ccccc1F)C1CC1C(=O)Nc1ccc(Cl)cc1. The normalized spacial score (nSPS) is 18.5. The van der Waals surface area contributed by atoms with E-state index in [4.69, 9.17) is 11.6 Å². The van der Waals surface area contributed by atoms with E-state index in [2.05, 4.69) is 10.6 Å². The van der Waals surface area contributed by atoms with E-state index < -0.39 is 0 Å². The number of amides is 2. The van der Waals surface area contributed by atoms with Crippen LogP contribution in [0.3, 0.4) is 0 Å². The zero-order chi connectivity index (χ0) is 17.8. The van der Waals surface area contributed by atoms with Gasteiger partial charge in [0.15, 0.2) is 0 Å². The molecule has 2 amide bonds. The summed E-state index contributed by atoms with van der Waals surface area (Å²) in [5.74, 6) is -1.23. The molecular formula is C19H18ClFN2O2. The Bertz CT molecular complexity index is 779. The van der Waals surface area contributed by atoms with Gasteiger partial charge in [0.1, 0.15) is 5.82 Å². The van der Waals surface area contributed by atoms with E-state index in [1.54, 1.807) is 42.5 Å². The number of rotatable bonds is 6. The van der Waals surface area contributed by atoms with Crippen molar-refractivity contribution in [3.8, 4) is 0 Å². The second kappa shape index (κ2) is 7.66. The number of hydrogen-bond donors (Lipinski definition) is 2. The molecule has 2 N–H and O–H groups in total. The molecule has 6 heteroatoms. The predicted octanol–water partition coefficient (Wildman–Crippen LogP) is 3.41. The lowest BCUT2D eigenvalue weighted by atomic mass is 10.1.